The van der Waals surface area contributed by atoms with E-state index in [9.17, 15) is 9.59 Å². The minimum Gasteiger partial charge on any atom is -0.483 e. The van der Waals surface area contributed by atoms with Gasteiger partial charge in [-0.1, -0.05) is 50.6 Å². The van der Waals surface area contributed by atoms with Crippen LogP contribution in [0, 0.1) is 0 Å². The average Bonchev–Trinajstić information content (AvgIpc) is 2.60. The summed E-state index contributed by atoms with van der Waals surface area (Å²) in [6.45, 7) is 6.09. The van der Waals surface area contributed by atoms with E-state index in [2.05, 4.69) is 30.8 Å². The van der Waals surface area contributed by atoms with Gasteiger partial charge in [0.15, 0.2) is 6.61 Å². The van der Waals surface area contributed by atoms with Crippen molar-refractivity contribution >= 4 is 29.2 Å². The Labute approximate surface area is 158 Å². The number of hydrogen-bond donors (Lipinski definition) is 1. The van der Waals surface area contributed by atoms with Gasteiger partial charge in [0.2, 0.25) is 0 Å². The highest BCUT2D eigenvalue weighted by atomic mass is 35.5. The van der Waals surface area contributed by atoms with Gasteiger partial charge >= 0.3 is 5.97 Å². The van der Waals surface area contributed by atoms with Crippen molar-refractivity contribution in [2.45, 2.75) is 26.2 Å². The summed E-state index contributed by atoms with van der Waals surface area (Å²) in [5, 5.41) is 2.94. The molecule has 0 atom stereocenters. The number of nitrogens with one attached hydrogen (secondary N) is 1. The van der Waals surface area contributed by atoms with Crippen LogP contribution in [0.25, 0.3) is 0 Å². The fourth-order valence-corrected chi connectivity index (χ4v) is 2.62. The van der Waals surface area contributed by atoms with Crippen LogP contribution in [0.1, 0.15) is 36.7 Å². The van der Waals surface area contributed by atoms with Crippen molar-refractivity contribution in [3.63, 3.8) is 0 Å². The van der Waals surface area contributed by atoms with Gasteiger partial charge in [0, 0.05) is 5.69 Å². The summed E-state index contributed by atoms with van der Waals surface area (Å²) in [6, 6.07) is 12.2. The quantitative estimate of drug-likeness (QED) is 0.784. The molecule has 5 nitrogen and oxygen atoms in total. The third-order valence-electron chi connectivity index (χ3n) is 3.71. The second-order valence-corrected chi connectivity index (χ2v) is 7.18. The van der Waals surface area contributed by atoms with Gasteiger partial charge in [0.25, 0.3) is 5.91 Å². The number of esters is 1. The first-order valence-electron chi connectivity index (χ1n) is 8.12. The summed E-state index contributed by atoms with van der Waals surface area (Å²) in [5.74, 6) is -0.241. The third kappa shape index (κ3) is 4.99. The predicted molar refractivity (Wildman–Crippen MR) is 102 cm³/mol. The molecule has 0 radical (unpaired) electrons. The van der Waals surface area contributed by atoms with Gasteiger partial charge in [-0.05, 0) is 35.2 Å². The highest BCUT2D eigenvalue weighted by Crippen LogP contribution is 2.31. The third-order valence-corrected chi connectivity index (χ3v) is 4.04. The van der Waals surface area contributed by atoms with E-state index in [0.717, 1.165) is 5.56 Å². The number of ether oxygens (including phenoxy) is 2. The number of benzene rings is 2. The maximum Gasteiger partial charge on any atom is 0.339 e. The lowest BCUT2D eigenvalue weighted by molar-refractivity contribution is -0.118. The Bertz CT molecular complexity index is 812. The first-order chi connectivity index (χ1) is 12.2. The van der Waals surface area contributed by atoms with Gasteiger partial charge in [0.05, 0.1) is 17.7 Å². The first kappa shape index (κ1) is 19.8. The molecule has 0 saturated carbocycles. The van der Waals surface area contributed by atoms with Crippen LogP contribution in [-0.2, 0) is 14.9 Å². The van der Waals surface area contributed by atoms with E-state index in [4.69, 9.17) is 16.3 Å². The lowest BCUT2D eigenvalue weighted by Gasteiger charge is -2.22. The zero-order valence-electron chi connectivity index (χ0n) is 15.3. The summed E-state index contributed by atoms with van der Waals surface area (Å²) < 4.78 is 10.4. The number of amides is 1. The van der Waals surface area contributed by atoms with Crippen molar-refractivity contribution in [2.24, 2.45) is 0 Å². The summed E-state index contributed by atoms with van der Waals surface area (Å²) in [5.41, 5.74) is 1.55. The molecule has 1 N–H and O–H groups in total. The molecule has 0 bridgehead atoms. The number of anilines is 1. The predicted octanol–water partition coefficient (Wildman–Crippen LogP) is 4.44. The van der Waals surface area contributed by atoms with E-state index in [1.807, 2.05) is 24.3 Å². The van der Waals surface area contributed by atoms with Crippen molar-refractivity contribution < 1.29 is 19.1 Å². The summed E-state index contributed by atoms with van der Waals surface area (Å²) >= 11 is 5.97. The molecule has 138 valence electrons. The van der Waals surface area contributed by atoms with Gasteiger partial charge in [-0.25, -0.2) is 4.79 Å². The Morgan fingerprint density at radius 2 is 1.81 bits per heavy atom. The van der Waals surface area contributed by atoms with E-state index < -0.39 is 5.97 Å². The van der Waals surface area contributed by atoms with E-state index >= 15 is 0 Å². The SMILES string of the molecule is COC(=O)c1cc(NC(=O)COc2ccccc2C(C)(C)C)ccc1Cl. The fraction of sp³-hybridized carbons (Fsp3) is 0.300. The Balaban J connectivity index is 2.06. The summed E-state index contributed by atoms with van der Waals surface area (Å²) in [4.78, 5) is 23.9. The molecule has 0 unspecified atom stereocenters. The molecule has 0 aromatic heterocycles. The Kier molecular flexibility index (Phi) is 6.27. The molecule has 0 aliphatic carbocycles. The molecular formula is C20H22ClNO4. The number of para-hydroxylation sites is 1. The van der Waals surface area contributed by atoms with Crippen LogP contribution in [0.3, 0.4) is 0 Å². The monoisotopic (exact) mass is 375 g/mol. The largest absolute Gasteiger partial charge is 0.483 e. The minimum atomic E-state index is -0.568. The molecule has 0 spiro atoms. The van der Waals surface area contributed by atoms with Crippen molar-refractivity contribution in [2.75, 3.05) is 19.0 Å². The molecule has 0 aliphatic heterocycles. The second-order valence-electron chi connectivity index (χ2n) is 6.77. The summed E-state index contributed by atoms with van der Waals surface area (Å²) in [6.07, 6.45) is 0. The van der Waals surface area contributed by atoms with Crippen LogP contribution in [0.5, 0.6) is 5.75 Å². The van der Waals surface area contributed by atoms with Crippen molar-refractivity contribution in [3.05, 3.63) is 58.6 Å². The molecule has 2 aromatic rings. The molecule has 1 amide bonds. The van der Waals surface area contributed by atoms with Crippen molar-refractivity contribution in [3.8, 4) is 5.75 Å². The highest BCUT2D eigenvalue weighted by molar-refractivity contribution is 6.33. The van der Waals surface area contributed by atoms with E-state index in [1.54, 1.807) is 6.07 Å². The van der Waals surface area contributed by atoms with Gasteiger partial charge < -0.3 is 14.8 Å². The number of hydrogen-bond acceptors (Lipinski definition) is 4. The molecule has 0 heterocycles. The molecule has 2 aromatic carbocycles. The minimum absolute atomic E-state index is 0.0985. The zero-order chi connectivity index (χ0) is 19.3. The van der Waals surface area contributed by atoms with Crippen LogP contribution < -0.4 is 10.1 Å². The number of rotatable bonds is 5. The Hall–Kier alpha value is -2.53. The lowest BCUT2D eigenvalue weighted by Crippen LogP contribution is -2.22. The van der Waals surface area contributed by atoms with Crippen LogP contribution in [0.4, 0.5) is 5.69 Å². The zero-order valence-corrected chi connectivity index (χ0v) is 16.0. The van der Waals surface area contributed by atoms with Gasteiger partial charge in [-0.3, -0.25) is 4.79 Å². The summed E-state index contributed by atoms with van der Waals surface area (Å²) in [7, 11) is 1.27. The number of carbonyl (C=O) groups excluding carboxylic acids is 2. The number of carbonyl (C=O) groups is 2. The van der Waals surface area contributed by atoms with Crippen molar-refractivity contribution in [1.82, 2.24) is 0 Å². The Morgan fingerprint density at radius 3 is 2.46 bits per heavy atom. The van der Waals surface area contributed by atoms with Crippen LogP contribution >= 0.6 is 11.6 Å². The van der Waals surface area contributed by atoms with Crippen LogP contribution in [-0.4, -0.2) is 25.6 Å². The van der Waals surface area contributed by atoms with E-state index in [1.165, 1.54) is 19.2 Å². The van der Waals surface area contributed by atoms with E-state index in [0.29, 0.717) is 11.4 Å². The number of halogens is 1. The van der Waals surface area contributed by atoms with E-state index in [-0.39, 0.29) is 28.5 Å². The average molecular weight is 376 g/mol. The standard InChI is InChI=1S/C20H22ClNO4/c1-20(2,3)15-7-5-6-8-17(15)26-12-18(23)22-13-9-10-16(21)14(11-13)19(24)25-4/h5-11H,12H2,1-4H3,(H,22,23). The van der Waals surface area contributed by atoms with Crippen LogP contribution in [0.15, 0.2) is 42.5 Å². The first-order valence-corrected chi connectivity index (χ1v) is 8.50. The molecule has 6 heteroatoms. The van der Waals surface area contributed by atoms with Gasteiger partial charge in [0.1, 0.15) is 5.75 Å². The molecular weight excluding hydrogens is 354 g/mol. The maximum absolute atomic E-state index is 12.2. The maximum atomic E-state index is 12.2. The van der Waals surface area contributed by atoms with Crippen LogP contribution in [0.2, 0.25) is 5.02 Å². The normalized spacial score (nSPS) is 11.0. The molecule has 0 saturated heterocycles. The second kappa shape index (κ2) is 8.23. The van der Waals surface area contributed by atoms with Gasteiger partial charge in [-0.15, -0.1) is 0 Å². The highest BCUT2D eigenvalue weighted by Gasteiger charge is 2.19. The van der Waals surface area contributed by atoms with Crippen molar-refractivity contribution in [1.29, 1.82) is 0 Å². The molecule has 0 fully saturated rings. The lowest BCUT2D eigenvalue weighted by atomic mass is 9.86. The Morgan fingerprint density at radius 1 is 1.12 bits per heavy atom. The molecule has 2 rings (SSSR count). The smallest absolute Gasteiger partial charge is 0.339 e. The fourth-order valence-electron chi connectivity index (χ4n) is 2.42. The number of methoxy groups -OCH3 is 1. The van der Waals surface area contributed by atoms with Gasteiger partial charge in [-0.2, -0.15) is 0 Å². The molecule has 0 aliphatic rings. The molecule has 26 heavy (non-hydrogen) atoms. The topological polar surface area (TPSA) is 64.6 Å².